The van der Waals surface area contributed by atoms with E-state index in [1.54, 1.807) is 0 Å². The highest BCUT2D eigenvalue weighted by molar-refractivity contribution is 5.94. The fourth-order valence-corrected chi connectivity index (χ4v) is 1.26. The molecule has 0 saturated heterocycles. The highest BCUT2D eigenvalue weighted by atomic mass is 16.5. The summed E-state index contributed by atoms with van der Waals surface area (Å²) in [5.41, 5.74) is 0.144. The summed E-state index contributed by atoms with van der Waals surface area (Å²) < 4.78 is 4.50. The van der Waals surface area contributed by atoms with E-state index in [0.29, 0.717) is 5.82 Å². The van der Waals surface area contributed by atoms with Gasteiger partial charge in [-0.2, -0.15) is 4.98 Å². The molecule has 2 rings (SSSR count). The Kier molecular flexibility index (Phi) is 2.91. The Bertz CT molecular complexity index is 504. The van der Waals surface area contributed by atoms with E-state index in [9.17, 15) is 15.0 Å². The van der Waals surface area contributed by atoms with Crippen molar-refractivity contribution in [2.24, 2.45) is 0 Å². The number of hydrogen-bond donors (Lipinski definition) is 3. The van der Waals surface area contributed by atoms with Crippen LogP contribution in [0, 0.1) is 0 Å². The maximum absolute atomic E-state index is 11.6. The molecule has 1 amide bonds. The first-order valence-electron chi connectivity index (χ1n) is 4.71. The first-order chi connectivity index (χ1) is 8.15. The third kappa shape index (κ3) is 2.71. The van der Waals surface area contributed by atoms with Crippen LogP contribution in [0.3, 0.4) is 0 Å². The van der Waals surface area contributed by atoms with Gasteiger partial charge >= 0.3 is 0 Å². The molecule has 0 bridgehead atoms. The van der Waals surface area contributed by atoms with E-state index < -0.39 is 5.91 Å². The molecule has 0 fully saturated rings. The summed E-state index contributed by atoms with van der Waals surface area (Å²) in [5, 5.41) is 24.5. The maximum Gasteiger partial charge on any atom is 0.251 e. The third-order valence-corrected chi connectivity index (χ3v) is 1.98. The largest absolute Gasteiger partial charge is 0.508 e. The molecule has 0 atom stereocenters. The Morgan fingerprint density at radius 3 is 2.59 bits per heavy atom. The second kappa shape index (κ2) is 4.52. The summed E-state index contributed by atoms with van der Waals surface area (Å²) in [6.45, 7) is 0.103. The zero-order chi connectivity index (χ0) is 12.3. The lowest BCUT2D eigenvalue weighted by molar-refractivity contribution is 0.0949. The van der Waals surface area contributed by atoms with Crippen molar-refractivity contribution in [1.82, 2.24) is 15.5 Å². The first kappa shape index (κ1) is 10.9. The SMILES string of the molecule is O=C(NCc1ncon1)c1cc(O)cc(O)c1. The lowest BCUT2D eigenvalue weighted by Gasteiger charge is -2.03. The van der Waals surface area contributed by atoms with E-state index in [0.717, 1.165) is 12.5 Å². The molecule has 7 nitrogen and oxygen atoms in total. The van der Waals surface area contributed by atoms with Gasteiger partial charge in [-0.15, -0.1) is 0 Å². The number of aromatic hydroxyl groups is 2. The number of phenols is 2. The van der Waals surface area contributed by atoms with Crippen LogP contribution >= 0.6 is 0 Å². The molecule has 0 aliphatic rings. The number of amides is 1. The van der Waals surface area contributed by atoms with Gasteiger partial charge in [-0.25, -0.2) is 0 Å². The molecule has 0 unspecified atom stereocenters. The molecular formula is C10H9N3O4. The number of benzene rings is 1. The summed E-state index contributed by atoms with van der Waals surface area (Å²) in [4.78, 5) is 15.4. The Hall–Kier alpha value is -2.57. The van der Waals surface area contributed by atoms with Crippen molar-refractivity contribution < 1.29 is 19.5 Å². The Balaban J connectivity index is 2.04. The minimum atomic E-state index is -0.457. The van der Waals surface area contributed by atoms with Crippen LogP contribution in [-0.2, 0) is 6.54 Å². The van der Waals surface area contributed by atoms with Crippen LogP contribution in [0.25, 0.3) is 0 Å². The molecule has 0 spiro atoms. The van der Waals surface area contributed by atoms with Crippen molar-refractivity contribution in [1.29, 1.82) is 0 Å². The second-order valence-electron chi connectivity index (χ2n) is 3.27. The zero-order valence-corrected chi connectivity index (χ0v) is 8.62. The zero-order valence-electron chi connectivity index (χ0n) is 8.62. The smallest absolute Gasteiger partial charge is 0.251 e. The van der Waals surface area contributed by atoms with Crippen LogP contribution in [0.15, 0.2) is 29.1 Å². The van der Waals surface area contributed by atoms with Gasteiger partial charge in [0.05, 0.1) is 6.54 Å². The molecule has 88 valence electrons. The normalized spacial score (nSPS) is 10.1. The molecule has 3 N–H and O–H groups in total. The Morgan fingerprint density at radius 2 is 2.00 bits per heavy atom. The van der Waals surface area contributed by atoms with Gasteiger partial charge in [0, 0.05) is 11.6 Å². The molecule has 0 radical (unpaired) electrons. The van der Waals surface area contributed by atoms with Gasteiger partial charge in [-0.3, -0.25) is 4.79 Å². The van der Waals surface area contributed by atoms with E-state index in [4.69, 9.17) is 0 Å². The molecule has 1 aromatic heterocycles. The fourth-order valence-electron chi connectivity index (χ4n) is 1.26. The number of aromatic nitrogens is 2. The van der Waals surface area contributed by atoms with Crippen LogP contribution in [0.5, 0.6) is 11.5 Å². The van der Waals surface area contributed by atoms with Crippen LogP contribution in [-0.4, -0.2) is 26.3 Å². The molecule has 1 heterocycles. The topological polar surface area (TPSA) is 108 Å². The number of phenolic OH excluding ortho intramolecular Hbond substituents is 2. The van der Waals surface area contributed by atoms with Crippen molar-refractivity contribution in [2.75, 3.05) is 0 Å². The maximum atomic E-state index is 11.6. The molecule has 2 aromatic rings. The summed E-state index contributed by atoms with van der Waals surface area (Å²) in [5.74, 6) is -0.492. The monoisotopic (exact) mass is 235 g/mol. The van der Waals surface area contributed by atoms with Gasteiger partial charge < -0.3 is 20.1 Å². The molecular weight excluding hydrogens is 226 g/mol. The van der Waals surface area contributed by atoms with Gasteiger partial charge in [-0.1, -0.05) is 5.16 Å². The first-order valence-corrected chi connectivity index (χ1v) is 4.71. The van der Waals surface area contributed by atoms with Gasteiger partial charge in [0.25, 0.3) is 5.91 Å². The van der Waals surface area contributed by atoms with E-state index in [2.05, 4.69) is 20.0 Å². The highest BCUT2D eigenvalue weighted by Gasteiger charge is 2.09. The minimum absolute atomic E-state index is 0.103. The molecule has 0 aliphatic carbocycles. The summed E-state index contributed by atoms with van der Waals surface area (Å²) in [6.07, 6.45) is 1.15. The summed E-state index contributed by atoms with van der Waals surface area (Å²) in [6, 6.07) is 3.62. The van der Waals surface area contributed by atoms with Crippen LogP contribution in [0.2, 0.25) is 0 Å². The number of carbonyl (C=O) groups excluding carboxylic acids is 1. The number of rotatable bonds is 3. The molecule has 17 heavy (non-hydrogen) atoms. The van der Waals surface area contributed by atoms with Crippen molar-refractivity contribution >= 4 is 5.91 Å². The predicted molar refractivity (Wildman–Crippen MR) is 55.2 cm³/mol. The van der Waals surface area contributed by atoms with Gasteiger partial charge in [0.2, 0.25) is 6.39 Å². The van der Waals surface area contributed by atoms with Gasteiger partial charge in [-0.05, 0) is 12.1 Å². The number of hydrogen-bond acceptors (Lipinski definition) is 6. The summed E-state index contributed by atoms with van der Waals surface area (Å²) in [7, 11) is 0. The van der Waals surface area contributed by atoms with E-state index >= 15 is 0 Å². The van der Waals surface area contributed by atoms with Crippen molar-refractivity contribution in [2.45, 2.75) is 6.54 Å². The van der Waals surface area contributed by atoms with E-state index in [1.165, 1.54) is 12.1 Å². The number of nitrogens with one attached hydrogen (secondary N) is 1. The van der Waals surface area contributed by atoms with Crippen LogP contribution in [0.1, 0.15) is 16.2 Å². The molecule has 0 aliphatic heterocycles. The van der Waals surface area contributed by atoms with Gasteiger partial charge in [0.1, 0.15) is 11.5 Å². The predicted octanol–water partition coefficient (Wildman–Crippen LogP) is 0.411. The van der Waals surface area contributed by atoms with E-state index in [1.807, 2.05) is 0 Å². The Labute approximate surface area is 95.7 Å². The average Bonchev–Trinajstić information content (AvgIpc) is 2.77. The molecule has 7 heteroatoms. The number of carbonyl (C=O) groups is 1. The van der Waals surface area contributed by atoms with Crippen molar-refractivity contribution in [3.05, 3.63) is 36.0 Å². The average molecular weight is 235 g/mol. The molecule has 1 aromatic carbocycles. The Morgan fingerprint density at radius 1 is 1.29 bits per heavy atom. The minimum Gasteiger partial charge on any atom is -0.508 e. The van der Waals surface area contributed by atoms with E-state index in [-0.39, 0.29) is 23.6 Å². The fraction of sp³-hybridized carbons (Fsp3) is 0.100. The van der Waals surface area contributed by atoms with Crippen LogP contribution in [0.4, 0.5) is 0 Å². The quantitative estimate of drug-likeness (QED) is 0.711. The lowest BCUT2D eigenvalue weighted by Crippen LogP contribution is -2.23. The number of nitrogens with zero attached hydrogens (tertiary/aromatic N) is 2. The van der Waals surface area contributed by atoms with Crippen molar-refractivity contribution in [3.63, 3.8) is 0 Å². The standard InChI is InChI=1S/C10H9N3O4/c14-7-1-6(2-8(15)3-7)10(16)11-4-9-12-5-17-13-9/h1-3,5,14-15H,4H2,(H,11,16). The summed E-state index contributed by atoms with van der Waals surface area (Å²) >= 11 is 0. The third-order valence-electron chi connectivity index (χ3n) is 1.98. The molecule has 0 saturated carbocycles. The highest BCUT2D eigenvalue weighted by Crippen LogP contribution is 2.20. The lowest BCUT2D eigenvalue weighted by atomic mass is 10.2. The second-order valence-corrected chi connectivity index (χ2v) is 3.27. The van der Waals surface area contributed by atoms with Crippen LogP contribution < -0.4 is 5.32 Å². The van der Waals surface area contributed by atoms with Crippen molar-refractivity contribution in [3.8, 4) is 11.5 Å². The van der Waals surface area contributed by atoms with Gasteiger partial charge in [0.15, 0.2) is 5.82 Å².